The molecule has 0 N–H and O–H groups in total. The van der Waals surface area contributed by atoms with E-state index in [9.17, 15) is 0 Å². The minimum Gasteiger partial charge on any atom is -0.0775 e. The van der Waals surface area contributed by atoms with Gasteiger partial charge in [-0.1, -0.05) is 41.2 Å². The van der Waals surface area contributed by atoms with Crippen molar-refractivity contribution in [1.29, 1.82) is 0 Å². The van der Waals surface area contributed by atoms with Crippen molar-refractivity contribution < 1.29 is 1.43 Å². The van der Waals surface area contributed by atoms with Crippen LogP contribution in [-0.2, 0) is 5.28 Å². The van der Waals surface area contributed by atoms with Crippen LogP contribution in [0.3, 0.4) is 0 Å². The molecule has 8 heavy (non-hydrogen) atoms. The lowest BCUT2D eigenvalue weighted by molar-refractivity contribution is 1.40. The molecule has 1 rings (SSSR count). The summed E-state index contributed by atoms with van der Waals surface area (Å²) in [6.07, 6.45) is 0. The Morgan fingerprint density at radius 3 is 2.25 bits per heavy atom. The van der Waals surface area contributed by atoms with E-state index in [2.05, 4.69) is 30.3 Å². The zero-order valence-corrected chi connectivity index (χ0v) is 7.09. The quantitative estimate of drug-likeness (QED) is 0.489. The average molecular weight is 122 g/mol. The summed E-state index contributed by atoms with van der Waals surface area (Å²) < 4.78 is 0. The molecule has 0 fully saturated rings. The van der Waals surface area contributed by atoms with E-state index in [1.165, 1.54) is 27.1 Å². The molecule has 0 aliphatic carbocycles. The Labute approximate surface area is 59.4 Å². The van der Waals surface area contributed by atoms with Crippen LogP contribution in [0.15, 0.2) is 30.3 Å². The summed E-state index contributed by atoms with van der Waals surface area (Å²) in [6, 6.07) is 10.6. The predicted molar refractivity (Wildman–Crippen MR) is 40.8 cm³/mol. The van der Waals surface area contributed by atoms with E-state index < -0.39 is 0 Å². The third-order valence-electron chi connectivity index (χ3n) is 1.25. The minimum atomic E-state index is 0. The summed E-state index contributed by atoms with van der Waals surface area (Å²) in [4.78, 5) is 0. The summed E-state index contributed by atoms with van der Waals surface area (Å²) in [5.41, 5.74) is 1.47. The van der Waals surface area contributed by atoms with Gasteiger partial charge in [0.2, 0.25) is 16.3 Å². The van der Waals surface area contributed by atoms with Crippen LogP contribution < -0.4 is 0 Å². The molecule has 0 atom stereocenters. The number of benzene rings is 1. The molecule has 42 valence electrons. The van der Waals surface area contributed by atoms with Gasteiger partial charge in [0.1, 0.15) is 0 Å². The summed E-state index contributed by atoms with van der Waals surface area (Å²) in [5, 5.41) is 1.28. The van der Waals surface area contributed by atoms with E-state index in [4.69, 9.17) is 0 Å². The monoisotopic (exact) mass is 122 g/mol. The number of rotatable bonds is 1. The molecule has 0 aliphatic rings. The fourth-order valence-corrected chi connectivity index (χ4v) is 1.19. The van der Waals surface area contributed by atoms with E-state index >= 15 is 0 Å². The highest BCUT2D eigenvalue weighted by atomic mass is 27.0. The Kier molecular flexibility index (Phi) is 2.14. The molecule has 0 aliphatic heterocycles. The lowest BCUT2D eigenvalue weighted by Gasteiger charge is -1.89. The SMILES string of the molecule is [AlH2][CH2]c1ccccc1.[HH]. The van der Waals surface area contributed by atoms with Crippen molar-refractivity contribution >= 4 is 16.3 Å². The first-order valence-electron chi connectivity index (χ1n) is 2.97. The molecule has 0 nitrogen and oxygen atoms in total. The van der Waals surface area contributed by atoms with Gasteiger partial charge in [-0.15, -0.1) is 0 Å². The molecule has 0 saturated heterocycles. The van der Waals surface area contributed by atoms with Crippen LogP contribution in [0.2, 0.25) is 0 Å². The van der Waals surface area contributed by atoms with E-state index in [0.717, 1.165) is 0 Å². The Morgan fingerprint density at radius 1 is 1.25 bits per heavy atom. The molecule has 1 heteroatoms. The second-order valence-corrected chi connectivity index (χ2v) is 2.55. The fraction of sp³-hybridized carbons (Fsp3) is 0.143. The Hall–Kier alpha value is -0.248. The van der Waals surface area contributed by atoms with Crippen LogP contribution in [0.4, 0.5) is 0 Å². The van der Waals surface area contributed by atoms with E-state index in [-0.39, 0.29) is 1.43 Å². The second kappa shape index (κ2) is 2.92. The van der Waals surface area contributed by atoms with Gasteiger partial charge in [0, 0.05) is 1.43 Å². The van der Waals surface area contributed by atoms with Gasteiger partial charge < -0.3 is 0 Å². The van der Waals surface area contributed by atoms with Gasteiger partial charge in [0.05, 0.1) is 0 Å². The van der Waals surface area contributed by atoms with Crippen LogP contribution in [0.5, 0.6) is 0 Å². The third-order valence-corrected chi connectivity index (χ3v) is 2.07. The Bertz CT molecular complexity index is 150. The molecule has 0 radical (unpaired) electrons. The van der Waals surface area contributed by atoms with Crippen molar-refractivity contribution in [2.45, 2.75) is 5.28 Å². The molecule has 0 spiro atoms. The van der Waals surface area contributed by atoms with Gasteiger partial charge in [0.15, 0.2) is 0 Å². The Balaban J connectivity index is 0.000000640. The van der Waals surface area contributed by atoms with Gasteiger partial charge in [-0.05, 0) is 0 Å². The summed E-state index contributed by atoms with van der Waals surface area (Å²) in [7, 11) is 0. The van der Waals surface area contributed by atoms with E-state index in [0.29, 0.717) is 0 Å². The van der Waals surface area contributed by atoms with E-state index in [1.807, 2.05) is 0 Å². The molecular weight excluding hydrogens is 111 g/mol. The minimum absolute atomic E-state index is 0. The topological polar surface area (TPSA) is 0 Å². The maximum absolute atomic E-state index is 2.17. The molecule has 1 aromatic carbocycles. The van der Waals surface area contributed by atoms with Crippen LogP contribution in [-0.4, -0.2) is 16.3 Å². The molecule has 0 saturated carbocycles. The van der Waals surface area contributed by atoms with Crippen molar-refractivity contribution in [3.05, 3.63) is 35.9 Å². The summed E-state index contributed by atoms with van der Waals surface area (Å²) in [6.45, 7) is 0. The second-order valence-electron chi connectivity index (χ2n) is 1.84. The van der Waals surface area contributed by atoms with Crippen molar-refractivity contribution in [2.24, 2.45) is 0 Å². The highest BCUT2D eigenvalue weighted by Gasteiger charge is 1.80. The third kappa shape index (κ3) is 1.37. The van der Waals surface area contributed by atoms with Crippen molar-refractivity contribution in [1.82, 2.24) is 0 Å². The summed E-state index contributed by atoms with van der Waals surface area (Å²) >= 11 is 1.28. The molecular formula is C7H11Al. The first kappa shape index (κ1) is 5.88. The average Bonchev–Trinajstić information content (AvgIpc) is 1.90. The fourth-order valence-electron chi connectivity index (χ4n) is 0.714. The highest BCUT2D eigenvalue weighted by molar-refractivity contribution is 6.08. The van der Waals surface area contributed by atoms with Crippen LogP contribution >= 0.6 is 0 Å². The maximum Gasteiger partial charge on any atom is 0.218 e. The zero-order valence-electron chi connectivity index (χ0n) is 5.09. The van der Waals surface area contributed by atoms with Gasteiger partial charge in [0.25, 0.3) is 0 Å². The lowest BCUT2D eigenvalue weighted by atomic mass is 10.2. The number of hydrogen-bond acceptors (Lipinski definition) is 0. The molecule has 0 heterocycles. The highest BCUT2D eigenvalue weighted by Crippen LogP contribution is 1.95. The summed E-state index contributed by atoms with van der Waals surface area (Å²) in [5.74, 6) is 0. The normalized spacial score (nSPS) is 9.00. The smallest absolute Gasteiger partial charge is 0.0775 e. The van der Waals surface area contributed by atoms with Crippen LogP contribution in [0, 0.1) is 0 Å². The van der Waals surface area contributed by atoms with Gasteiger partial charge >= 0.3 is 0 Å². The molecule has 0 amide bonds. The Morgan fingerprint density at radius 2 is 1.88 bits per heavy atom. The van der Waals surface area contributed by atoms with E-state index in [1.54, 1.807) is 0 Å². The molecule has 1 aromatic rings. The molecule has 0 unspecified atom stereocenters. The zero-order chi connectivity index (χ0) is 5.82. The largest absolute Gasteiger partial charge is 0.218 e. The molecule has 0 bridgehead atoms. The van der Waals surface area contributed by atoms with Gasteiger partial charge in [-0.25, -0.2) is 0 Å². The standard InChI is InChI=1S/C7H7.Al.H2.2H/c1-7-5-3-2-4-6-7;;;;/h2-6H,1H2;;1H;;. The lowest BCUT2D eigenvalue weighted by Crippen LogP contribution is -1.78. The van der Waals surface area contributed by atoms with Crippen molar-refractivity contribution in [3.63, 3.8) is 0 Å². The first-order chi connectivity index (χ1) is 3.93. The predicted octanol–water partition coefficient (Wildman–Crippen LogP) is 1.07. The maximum atomic E-state index is 2.17. The van der Waals surface area contributed by atoms with Gasteiger partial charge in [-0.3, -0.25) is 0 Å². The van der Waals surface area contributed by atoms with Crippen molar-refractivity contribution in [2.75, 3.05) is 0 Å². The molecule has 0 aromatic heterocycles. The van der Waals surface area contributed by atoms with Crippen molar-refractivity contribution in [3.8, 4) is 0 Å². The number of hydrogen-bond donors (Lipinski definition) is 0. The van der Waals surface area contributed by atoms with Crippen LogP contribution in [0.1, 0.15) is 6.99 Å². The first-order valence-corrected chi connectivity index (χ1v) is 4.39. The van der Waals surface area contributed by atoms with Gasteiger partial charge in [-0.2, -0.15) is 0 Å². The van der Waals surface area contributed by atoms with Crippen LogP contribution in [0.25, 0.3) is 0 Å².